The van der Waals surface area contributed by atoms with Crippen molar-refractivity contribution in [1.29, 1.82) is 0 Å². The second kappa shape index (κ2) is 6.81. The third-order valence-corrected chi connectivity index (χ3v) is 3.93. The fraction of sp³-hybridized carbons (Fsp3) is 0.714. The minimum absolute atomic E-state index is 0.0192. The molecule has 0 radical (unpaired) electrons. The van der Waals surface area contributed by atoms with E-state index in [4.69, 9.17) is 9.47 Å². The van der Waals surface area contributed by atoms with Gasteiger partial charge in [0.25, 0.3) is 0 Å². The molecule has 0 bridgehead atoms. The second-order valence-corrected chi connectivity index (χ2v) is 7.08. The van der Waals surface area contributed by atoms with E-state index in [0.29, 0.717) is 19.0 Å². The highest BCUT2D eigenvalue weighted by atomic mass is 32.2. The third kappa shape index (κ3) is 4.72. The van der Waals surface area contributed by atoms with E-state index in [1.54, 1.807) is 24.0 Å². The Bertz CT molecular complexity index is 527. The van der Waals surface area contributed by atoms with Crippen LogP contribution in [0.4, 0.5) is 5.82 Å². The van der Waals surface area contributed by atoms with Gasteiger partial charge < -0.3 is 14.8 Å². The fourth-order valence-electron chi connectivity index (χ4n) is 1.98. The zero-order valence-electron chi connectivity index (χ0n) is 13.0. The standard InChI is InChI=1S/C14H23N3O3S/c1-5-19-8-12-20-11(9-21-12)17-7-6-10(15-13(17)18)16-14(2,3)4/h6-7,11-12H,5,8-9H2,1-4H3,(H,15,16,18)/t11-,12?/m0/s1. The molecule has 0 amide bonds. The first-order chi connectivity index (χ1) is 9.89. The van der Waals surface area contributed by atoms with Gasteiger partial charge in [0.2, 0.25) is 0 Å². The first-order valence-corrected chi connectivity index (χ1v) is 8.16. The highest BCUT2D eigenvalue weighted by molar-refractivity contribution is 8.00. The molecule has 21 heavy (non-hydrogen) atoms. The van der Waals surface area contributed by atoms with Crippen LogP contribution < -0.4 is 11.0 Å². The molecule has 1 aliphatic heterocycles. The summed E-state index contributed by atoms with van der Waals surface area (Å²) in [7, 11) is 0. The molecule has 1 unspecified atom stereocenters. The van der Waals surface area contributed by atoms with Gasteiger partial charge in [-0.25, -0.2) is 4.79 Å². The molecule has 1 N–H and O–H groups in total. The molecule has 0 aliphatic carbocycles. The van der Waals surface area contributed by atoms with Crippen molar-refractivity contribution in [1.82, 2.24) is 9.55 Å². The van der Waals surface area contributed by atoms with Gasteiger partial charge in [-0.1, -0.05) is 0 Å². The molecular formula is C14H23N3O3S. The van der Waals surface area contributed by atoms with Crippen molar-refractivity contribution in [3.8, 4) is 0 Å². The number of nitrogens with one attached hydrogen (secondary N) is 1. The molecule has 2 heterocycles. The van der Waals surface area contributed by atoms with E-state index in [2.05, 4.69) is 10.3 Å². The predicted molar refractivity (Wildman–Crippen MR) is 84.7 cm³/mol. The number of rotatable bonds is 5. The summed E-state index contributed by atoms with van der Waals surface area (Å²) in [6.07, 6.45) is 1.46. The van der Waals surface area contributed by atoms with Crippen LogP contribution in [0.15, 0.2) is 17.1 Å². The van der Waals surface area contributed by atoms with Gasteiger partial charge in [-0.3, -0.25) is 4.57 Å². The molecule has 1 saturated heterocycles. The maximum Gasteiger partial charge on any atom is 0.351 e. The van der Waals surface area contributed by atoms with Crippen LogP contribution in [-0.2, 0) is 9.47 Å². The molecular weight excluding hydrogens is 290 g/mol. The molecule has 0 spiro atoms. The molecule has 2 rings (SSSR count). The van der Waals surface area contributed by atoms with Crippen molar-refractivity contribution in [3.05, 3.63) is 22.7 Å². The lowest BCUT2D eigenvalue weighted by Gasteiger charge is -2.21. The summed E-state index contributed by atoms with van der Waals surface area (Å²) in [5.74, 6) is 1.31. The number of anilines is 1. The number of hydrogen-bond acceptors (Lipinski definition) is 6. The zero-order valence-corrected chi connectivity index (χ0v) is 13.8. The van der Waals surface area contributed by atoms with E-state index in [1.165, 1.54) is 4.57 Å². The highest BCUT2D eigenvalue weighted by Crippen LogP contribution is 2.31. The maximum absolute atomic E-state index is 12.1. The molecule has 6 nitrogen and oxygen atoms in total. The van der Waals surface area contributed by atoms with Gasteiger partial charge in [-0.2, -0.15) is 4.98 Å². The summed E-state index contributed by atoms with van der Waals surface area (Å²) < 4.78 is 12.7. The van der Waals surface area contributed by atoms with Gasteiger partial charge in [-0.15, -0.1) is 11.8 Å². The Kier molecular flexibility index (Phi) is 5.29. The van der Waals surface area contributed by atoms with Crippen LogP contribution in [0.25, 0.3) is 0 Å². The molecule has 1 aliphatic rings. The van der Waals surface area contributed by atoms with E-state index in [-0.39, 0.29) is 22.9 Å². The summed E-state index contributed by atoms with van der Waals surface area (Å²) in [5.41, 5.74) is -0.449. The number of ether oxygens (including phenoxy) is 2. The second-order valence-electron chi connectivity index (χ2n) is 5.89. The summed E-state index contributed by atoms with van der Waals surface area (Å²) in [5, 5.41) is 3.19. The van der Waals surface area contributed by atoms with Gasteiger partial charge in [0.15, 0.2) is 0 Å². The van der Waals surface area contributed by atoms with Crippen molar-refractivity contribution >= 4 is 17.6 Å². The molecule has 0 aromatic carbocycles. The molecule has 0 saturated carbocycles. The average molecular weight is 313 g/mol. The van der Waals surface area contributed by atoms with Gasteiger partial charge in [0.05, 0.1) is 6.61 Å². The van der Waals surface area contributed by atoms with Gasteiger partial charge >= 0.3 is 5.69 Å². The molecule has 1 aromatic heterocycles. The summed E-state index contributed by atoms with van der Waals surface area (Å²) in [6.45, 7) is 9.23. The Morgan fingerprint density at radius 3 is 2.95 bits per heavy atom. The smallest absolute Gasteiger partial charge is 0.351 e. The molecule has 1 aromatic rings. The van der Waals surface area contributed by atoms with Gasteiger partial charge in [0, 0.05) is 24.1 Å². The van der Waals surface area contributed by atoms with Crippen molar-refractivity contribution in [3.63, 3.8) is 0 Å². The number of thioether (sulfide) groups is 1. The van der Waals surface area contributed by atoms with Crippen LogP contribution in [0.5, 0.6) is 0 Å². The lowest BCUT2D eigenvalue weighted by Crippen LogP contribution is -2.32. The summed E-state index contributed by atoms with van der Waals surface area (Å²) in [6, 6.07) is 1.80. The Morgan fingerprint density at radius 1 is 1.57 bits per heavy atom. The normalized spacial score (nSPS) is 22.5. The monoisotopic (exact) mass is 313 g/mol. The average Bonchev–Trinajstić information content (AvgIpc) is 2.83. The topological polar surface area (TPSA) is 65.4 Å². The molecule has 118 valence electrons. The van der Waals surface area contributed by atoms with E-state index < -0.39 is 0 Å². The number of hydrogen-bond donors (Lipinski definition) is 1. The van der Waals surface area contributed by atoms with Crippen LogP contribution in [0.3, 0.4) is 0 Å². The quantitative estimate of drug-likeness (QED) is 0.898. The van der Waals surface area contributed by atoms with Crippen molar-refractivity contribution in [2.45, 2.75) is 44.9 Å². The van der Waals surface area contributed by atoms with Crippen molar-refractivity contribution in [2.24, 2.45) is 0 Å². The molecule has 1 fully saturated rings. The maximum atomic E-state index is 12.1. The van der Waals surface area contributed by atoms with E-state index in [0.717, 1.165) is 5.75 Å². The van der Waals surface area contributed by atoms with Crippen LogP contribution >= 0.6 is 11.8 Å². The first kappa shape index (κ1) is 16.3. The number of nitrogens with zero attached hydrogens (tertiary/aromatic N) is 2. The Labute approximate surface area is 129 Å². The summed E-state index contributed by atoms with van der Waals surface area (Å²) >= 11 is 1.66. The van der Waals surface area contributed by atoms with Crippen molar-refractivity contribution in [2.75, 3.05) is 24.3 Å². The van der Waals surface area contributed by atoms with Crippen LogP contribution in [0.1, 0.15) is 33.9 Å². The largest absolute Gasteiger partial charge is 0.378 e. The van der Waals surface area contributed by atoms with Crippen LogP contribution in [0, 0.1) is 0 Å². The van der Waals surface area contributed by atoms with Crippen LogP contribution in [0.2, 0.25) is 0 Å². The van der Waals surface area contributed by atoms with Gasteiger partial charge in [0.1, 0.15) is 17.5 Å². The van der Waals surface area contributed by atoms with E-state index >= 15 is 0 Å². The third-order valence-electron chi connectivity index (χ3n) is 2.83. The van der Waals surface area contributed by atoms with Crippen molar-refractivity contribution < 1.29 is 9.47 Å². The zero-order chi connectivity index (χ0) is 15.5. The predicted octanol–water partition coefficient (Wildman–Crippen LogP) is 2.08. The SMILES string of the molecule is CCOCC1O[C@H](n2ccc(NC(C)(C)C)nc2=O)CS1. The fourth-order valence-corrected chi connectivity index (χ4v) is 2.99. The van der Waals surface area contributed by atoms with Gasteiger partial charge in [-0.05, 0) is 33.8 Å². The first-order valence-electron chi connectivity index (χ1n) is 7.11. The highest BCUT2D eigenvalue weighted by Gasteiger charge is 2.28. The Balaban J connectivity index is 2.03. The number of aromatic nitrogens is 2. The van der Waals surface area contributed by atoms with E-state index in [9.17, 15) is 4.79 Å². The minimum Gasteiger partial charge on any atom is -0.378 e. The lowest BCUT2D eigenvalue weighted by molar-refractivity contribution is -0.0226. The summed E-state index contributed by atoms with van der Waals surface area (Å²) in [4.78, 5) is 16.2. The lowest BCUT2D eigenvalue weighted by atomic mass is 10.1. The van der Waals surface area contributed by atoms with Crippen LogP contribution in [-0.4, -0.2) is 39.5 Å². The van der Waals surface area contributed by atoms with E-state index in [1.807, 2.05) is 27.7 Å². The molecule has 7 heteroatoms. The minimum atomic E-state index is -0.299. The Morgan fingerprint density at radius 2 is 2.33 bits per heavy atom. The Hall–Kier alpha value is -1.05. The molecule has 2 atom stereocenters.